The summed E-state index contributed by atoms with van der Waals surface area (Å²) < 4.78 is 6.16. The van der Waals surface area contributed by atoms with Crippen LogP contribution in [0.4, 0.5) is 0 Å². The van der Waals surface area contributed by atoms with Crippen LogP contribution in [-0.2, 0) is 9.56 Å². The van der Waals surface area contributed by atoms with Crippen LogP contribution in [0.5, 0.6) is 0 Å². The second-order valence-corrected chi connectivity index (χ2v) is 9.92. The fourth-order valence-electron chi connectivity index (χ4n) is 3.24. The average molecular weight is 434 g/mol. The van der Waals surface area contributed by atoms with E-state index in [1.807, 2.05) is 91.0 Å². The lowest BCUT2D eigenvalue weighted by Gasteiger charge is -2.23. The van der Waals surface area contributed by atoms with Gasteiger partial charge in [0.2, 0.25) is 0 Å². The van der Waals surface area contributed by atoms with E-state index >= 15 is 0 Å². The van der Waals surface area contributed by atoms with Crippen molar-refractivity contribution < 1.29 is 14.4 Å². The summed E-state index contributed by atoms with van der Waals surface area (Å²) in [5.74, 6) is -0.593. The third-order valence-electron chi connectivity index (χ3n) is 4.64. The first-order chi connectivity index (χ1) is 14.7. The molecule has 0 amide bonds. The van der Waals surface area contributed by atoms with Gasteiger partial charge in [0, 0.05) is 5.02 Å². The molecule has 30 heavy (non-hydrogen) atoms. The summed E-state index contributed by atoms with van der Waals surface area (Å²) in [5.41, 5.74) is 0.329. The molecule has 0 bridgehead atoms. The molecule has 4 aromatic rings. The van der Waals surface area contributed by atoms with Gasteiger partial charge in [-0.25, -0.2) is 4.79 Å². The van der Waals surface area contributed by atoms with Crippen molar-refractivity contribution in [3.63, 3.8) is 0 Å². The highest BCUT2D eigenvalue weighted by Gasteiger charge is 2.51. The van der Waals surface area contributed by atoms with Crippen LogP contribution in [0.3, 0.4) is 0 Å². The Morgan fingerprint density at radius 1 is 0.633 bits per heavy atom. The molecule has 0 spiro atoms. The van der Waals surface area contributed by atoms with Gasteiger partial charge in [-0.3, -0.25) is 4.89 Å². The molecule has 3 nitrogen and oxygen atoms in total. The van der Waals surface area contributed by atoms with Crippen LogP contribution >= 0.6 is 19.1 Å². The lowest BCUT2D eigenvalue weighted by Crippen LogP contribution is -2.33. The van der Waals surface area contributed by atoms with Crippen molar-refractivity contribution in [1.82, 2.24) is 0 Å². The van der Waals surface area contributed by atoms with Gasteiger partial charge in [-0.2, -0.15) is 0 Å². The normalized spacial score (nSPS) is 11.1. The smallest absolute Gasteiger partial charge is 0.257 e. The van der Waals surface area contributed by atoms with Gasteiger partial charge in [0.15, 0.2) is 0 Å². The van der Waals surface area contributed by atoms with Gasteiger partial charge in [0.25, 0.3) is 7.49 Å². The number of hydrogen-bond donors (Lipinski definition) is 0. The van der Waals surface area contributed by atoms with E-state index in [-0.39, 0.29) is 0 Å². The fourth-order valence-corrected chi connectivity index (χ4v) is 6.54. The quantitative estimate of drug-likeness (QED) is 0.234. The van der Waals surface area contributed by atoms with E-state index in [1.54, 1.807) is 24.3 Å². The zero-order valence-corrected chi connectivity index (χ0v) is 17.7. The first-order valence-corrected chi connectivity index (χ1v) is 11.5. The highest BCUT2D eigenvalue weighted by molar-refractivity contribution is 7.91. The molecule has 0 aromatic heterocycles. The summed E-state index contributed by atoms with van der Waals surface area (Å²) in [7, 11) is -2.72. The Balaban J connectivity index is 1.82. The van der Waals surface area contributed by atoms with E-state index in [1.165, 1.54) is 0 Å². The highest BCUT2D eigenvalue weighted by Crippen LogP contribution is 2.56. The monoisotopic (exact) mass is 433 g/mol. The zero-order valence-electron chi connectivity index (χ0n) is 16.0. The van der Waals surface area contributed by atoms with E-state index in [9.17, 15) is 4.79 Å². The predicted molar refractivity (Wildman–Crippen MR) is 123 cm³/mol. The van der Waals surface area contributed by atoms with E-state index in [4.69, 9.17) is 21.2 Å². The molecule has 4 aromatic carbocycles. The Morgan fingerprint density at radius 3 is 1.53 bits per heavy atom. The van der Waals surface area contributed by atoms with Crippen molar-refractivity contribution >= 4 is 41.0 Å². The molecule has 0 aliphatic heterocycles. The minimum atomic E-state index is -2.72. The molecule has 0 aliphatic carbocycles. The minimum Gasteiger partial charge on any atom is -0.257 e. The van der Waals surface area contributed by atoms with Crippen molar-refractivity contribution in [2.75, 3.05) is 0 Å². The van der Waals surface area contributed by atoms with Crippen molar-refractivity contribution in [3.8, 4) is 0 Å². The van der Waals surface area contributed by atoms with Crippen LogP contribution in [0, 0.1) is 0 Å². The maximum absolute atomic E-state index is 12.7. The standard InChI is InChI=1S/C25H19ClO3P/c26-21-12-10-11-20(19-21)25(27)28-29-30(22-13-4-1-5-14-22,23-15-6-2-7-16-23)24-17-8-3-9-18-24/h1-19H/q+1. The number of carbonyl (C=O) groups is 1. The summed E-state index contributed by atoms with van der Waals surface area (Å²) in [6.45, 7) is 0. The molecule has 5 heteroatoms. The second kappa shape index (κ2) is 9.23. The van der Waals surface area contributed by atoms with Crippen LogP contribution in [-0.4, -0.2) is 5.97 Å². The SMILES string of the molecule is O=C(OO[P+](c1ccccc1)(c1ccccc1)c1ccccc1)c1cccc(Cl)c1. The predicted octanol–water partition coefficient (Wildman–Crippen LogP) is 5.34. The van der Waals surface area contributed by atoms with Gasteiger partial charge >= 0.3 is 5.97 Å². The van der Waals surface area contributed by atoms with Crippen molar-refractivity contribution in [2.24, 2.45) is 0 Å². The molecule has 0 heterocycles. The largest absolute Gasteiger partial charge is 0.377 e. The fraction of sp³-hybridized carbons (Fsp3) is 0. The Morgan fingerprint density at radius 2 is 1.10 bits per heavy atom. The topological polar surface area (TPSA) is 35.5 Å². The number of hydrogen-bond acceptors (Lipinski definition) is 3. The Kier molecular flexibility index (Phi) is 6.25. The summed E-state index contributed by atoms with van der Waals surface area (Å²) in [4.78, 5) is 18.2. The molecule has 4 rings (SSSR count). The number of benzene rings is 4. The maximum atomic E-state index is 12.7. The Hall–Kier alpha value is -2.97. The minimum absolute atomic E-state index is 0.329. The second-order valence-electron chi connectivity index (χ2n) is 6.57. The molecule has 0 unspecified atom stereocenters. The molecular formula is C25H19ClO3P+. The summed E-state index contributed by atoms with van der Waals surface area (Å²) in [6.07, 6.45) is 0. The molecule has 0 saturated carbocycles. The summed E-state index contributed by atoms with van der Waals surface area (Å²) in [5, 5.41) is 3.29. The van der Waals surface area contributed by atoms with E-state index in [2.05, 4.69) is 0 Å². The van der Waals surface area contributed by atoms with Gasteiger partial charge in [-0.15, -0.1) is 0 Å². The molecular weight excluding hydrogens is 415 g/mol. The molecule has 0 atom stereocenters. The van der Waals surface area contributed by atoms with E-state index < -0.39 is 13.5 Å². The van der Waals surface area contributed by atoms with Crippen LogP contribution in [0.15, 0.2) is 115 Å². The Labute approximate surface area is 181 Å². The van der Waals surface area contributed by atoms with Crippen molar-refractivity contribution in [1.29, 1.82) is 0 Å². The maximum Gasteiger partial charge on any atom is 0.377 e. The van der Waals surface area contributed by atoms with Gasteiger partial charge in [0.1, 0.15) is 15.9 Å². The van der Waals surface area contributed by atoms with Gasteiger partial charge in [-0.1, -0.05) is 72.3 Å². The summed E-state index contributed by atoms with van der Waals surface area (Å²) >= 11 is 6.03. The molecule has 148 valence electrons. The molecule has 0 aliphatic rings. The Bertz CT molecular complexity index is 1020. The lowest BCUT2D eigenvalue weighted by molar-refractivity contribution is -0.141. The zero-order chi connectivity index (χ0) is 20.8. The molecule has 0 N–H and O–H groups in total. The molecule has 0 saturated heterocycles. The van der Waals surface area contributed by atoms with Crippen LogP contribution in [0.1, 0.15) is 10.4 Å². The van der Waals surface area contributed by atoms with Crippen molar-refractivity contribution in [3.05, 3.63) is 126 Å². The van der Waals surface area contributed by atoms with Gasteiger partial charge in [0.05, 0.1) is 5.56 Å². The number of rotatable bonds is 6. The van der Waals surface area contributed by atoms with Gasteiger partial charge < -0.3 is 0 Å². The third kappa shape index (κ3) is 4.15. The van der Waals surface area contributed by atoms with E-state index in [0.717, 1.165) is 15.9 Å². The first kappa shape index (κ1) is 20.3. The third-order valence-corrected chi connectivity index (χ3v) is 8.25. The lowest BCUT2D eigenvalue weighted by atomic mass is 10.2. The number of halogens is 1. The molecule has 0 radical (unpaired) electrons. The van der Waals surface area contributed by atoms with Gasteiger partial charge in [-0.05, 0) is 59.3 Å². The van der Waals surface area contributed by atoms with Crippen LogP contribution in [0.2, 0.25) is 5.02 Å². The first-order valence-electron chi connectivity index (χ1n) is 9.42. The average Bonchev–Trinajstić information content (AvgIpc) is 2.81. The highest BCUT2D eigenvalue weighted by atomic mass is 35.5. The van der Waals surface area contributed by atoms with Crippen LogP contribution < -0.4 is 15.9 Å². The molecule has 0 fully saturated rings. The summed E-state index contributed by atoms with van der Waals surface area (Å²) in [6, 6.07) is 36.2. The van der Waals surface area contributed by atoms with E-state index in [0.29, 0.717) is 10.6 Å². The van der Waals surface area contributed by atoms with Crippen molar-refractivity contribution in [2.45, 2.75) is 0 Å². The van der Waals surface area contributed by atoms with Crippen LogP contribution in [0.25, 0.3) is 0 Å². The number of carbonyl (C=O) groups excluding carboxylic acids is 1.